The lowest BCUT2D eigenvalue weighted by molar-refractivity contribution is -0.134. The summed E-state index contributed by atoms with van der Waals surface area (Å²) in [6.07, 6.45) is 1.62. The highest BCUT2D eigenvalue weighted by molar-refractivity contribution is 5.86. The minimum absolute atomic E-state index is 0.0400. The van der Waals surface area contributed by atoms with Gasteiger partial charge in [0.05, 0.1) is 5.41 Å². The molecule has 1 saturated heterocycles. The van der Waals surface area contributed by atoms with Gasteiger partial charge in [0.15, 0.2) is 0 Å². The smallest absolute Gasteiger partial charge is 0.232 e. The van der Waals surface area contributed by atoms with Gasteiger partial charge < -0.3 is 4.90 Å². The number of likely N-dealkylation sites (tertiary alicyclic amines) is 1. The standard InChI is InChI=1S/C10H17NO/c1-6-11-7-9(2,3)10(4,5)8(11)12/h6H,1,7H2,2-5H3. The van der Waals surface area contributed by atoms with E-state index >= 15 is 0 Å². The molecule has 0 bridgehead atoms. The van der Waals surface area contributed by atoms with Gasteiger partial charge in [-0.2, -0.15) is 0 Å². The first-order valence-electron chi connectivity index (χ1n) is 4.26. The zero-order valence-electron chi connectivity index (χ0n) is 8.35. The van der Waals surface area contributed by atoms with Crippen LogP contribution in [0.1, 0.15) is 27.7 Å². The van der Waals surface area contributed by atoms with Crippen molar-refractivity contribution in [2.45, 2.75) is 27.7 Å². The largest absolute Gasteiger partial charge is 0.319 e. The van der Waals surface area contributed by atoms with Gasteiger partial charge >= 0.3 is 0 Å². The Morgan fingerprint density at radius 2 is 1.92 bits per heavy atom. The zero-order valence-corrected chi connectivity index (χ0v) is 8.35. The van der Waals surface area contributed by atoms with Crippen LogP contribution in [0.5, 0.6) is 0 Å². The highest BCUT2D eigenvalue weighted by Crippen LogP contribution is 2.46. The average Bonchev–Trinajstić information content (AvgIpc) is 2.11. The fraction of sp³-hybridized carbons (Fsp3) is 0.700. The summed E-state index contributed by atoms with van der Waals surface area (Å²) >= 11 is 0. The molecule has 0 spiro atoms. The van der Waals surface area contributed by atoms with Crippen molar-refractivity contribution < 1.29 is 4.79 Å². The fourth-order valence-corrected chi connectivity index (χ4v) is 1.49. The normalized spacial score (nSPS) is 26.0. The first kappa shape index (κ1) is 9.30. The third-order valence-electron chi connectivity index (χ3n) is 3.27. The maximum Gasteiger partial charge on any atom is 0.232 e. The molecule has 0 aromatic heterocycles. The third-order valence-corrected chi connectivity index (χ3v) is 3.27. The molecular formula is C10H17NO. The molecule has 1 rings (SSSR count). The molecule has 0 radical (unpaired) electrons. The highest BCUT2D eigenvalue weighted by atomic mass is 16.2. The summed E-state index contributed by atoms with van der Waals surface area (Å²) < 4.78 is 0. The maximum atomic E-state index is 11.7. The summed E-state index contributed by atoms with van der Waals surface area (Å²) in [5.41, 5.74) is -0.223. The van der Waals surface area contributed by atoms with E-state index in [4.69, 9.17) is 0 Å². The zero-order chi connectivity index (χ0) is 9.57. The van der Waals surface area contributed by atoms with E-state index < -0.39 is 0 Å². The third kappa shape index (κ3) is 0.977. The second-order valence-corrected chi connectivity index (χ2v) is 4.62. The summed E-state index contributed by atoms with van der Waals surface area (Å²) in [7, 11) is 0. The van der Waals surface area contributed by atoms with Gasteiger partial charge in [-0.1, -0.05) is 34.3 Å². The van der Waals surface area contributed by atoms with Crippen LogP contribution in [0.15, 0.2) is 12.8 Å². The van der Waals surface area contributed by atoms with Gasteiger partial charge in [0.25, 0.3) is 0 Å². The first-order valence-corrected chi connectivity index (χ1v) is 4.26. The molecule has 0 atom stereocenters. The van der Waals surface area contributed by atoms with Crippen molar-refractivity contribution in [1.82, 2.24) is 4.90 Å². The van der Waals surface area contributed by atoms with E-state index in [0.717, 1.165) is 6.54 Å². The van der Waals surface area contributed by atoms with E-state index in [9.17, 15) is 4.79 Å². The van der Waals surface area contributed by atoms with Crippen LogP contribution in [0.25, 0.3) is 0 Å². The van der Waals surface area contributed by atoms with E-state index in [0.29, 0.717) is 0 Å². The Balaban J connectivity index is 3.04. The molecule has 0 N–H and O–H groups in total. The lowest BCUT2D eigenvalue weighted by atomic mass is 9.70. The molecule has 1 fully saturated rings. The number of hydrogen-bond acceptors (Lipinski definition) is 1. The molecule has 0 aromatic rings. The van der Waals surface area contributed by atoms with E-state index in [2.05, 4.69) is 20.4 Å². The molecule has 1 aliphatic heterocycles. The van der Waals surface area contributed by atoms with E-state index in [1.54, 1.807) is 11.1 Å². The monoisotopic (exact) mass is 167 g/mol. The molecule has 1 amide bonds. The molecule has 2 heteroatoms. The summed E-state index contributed by atoms with van der Waals surface area (Å²) in [6.45, 7) is 12.6. The Bertz CT molecular complexity index is 228. The van der Waals surface area contributed by atoms with Crippen LogP contribution < -0.4 is 0 Å². The van der Waals surface area contributed by atoms with Crippen LogP contribution in [0, 0.1) is 10.8 Å². The summed E-state index contributed by atoms with van der Waals surface area (Å²) in [5.74, 6) is 0.183. The first-order chi connectivity index (χ1) is 5.33. The van der Waals surface area contributed by atoms with Crippen molar-refractivity contribution >= 4 is 5.91 Å². The van der Waals surface area contributed by atoms with Gasteiger partial charge in [-0.05, 0) is 11.6 Å². The van der Waals surface area contributed by atoms with E-state index in [1.807, 2.05) is 13.8 Å². The number of carbonyl (C=O) groups excluding carboxylic acids is 1. The fourth-order valence-electron chi connectivity index (χ4n) is 1.49. The van der Waals surface area contributed by atoms with Crippen molar-refractivity contribution in [2.75, 3.05) is 6.54 Å². The van der Waals surface area contributed by atoms with Crippen molar-refractivity contribution in [2.24, 2.45) is 10.8 Å². The molecule has 12 heavy (non-hydrogen) atoms. The Labute approximate surface area is 74.2 Å². The summed E-state index contributed by atoms with van der Waals surface area (Å²) in [6, 6.07) is 0. The Morgan fingerprint density at radius 3 is 2.08 bits per heavy atom. The van der Waals surface area contributed by atoms with Gasteiger partial charge in [0, 0.05) is 6.54 Å². The molecular weight excluding hydrogens is 150 g/mol. The lowest BCUT2D eigenvalue weighted by Gasteiger charge is -2.30. The number of rotatable bonds is 1. The van der Waals surface area contributed by atoms with E-state index in [-0.39, 0.29) is 16.7 Å². The van der Waals surface area contributed by atoms with Crippen LogP contribution in [0.3, 0.4) is 0 Å². The highest BCUT2D eigenvalue weighted by Gasteiger charge is 2.51. The van der Waals surface area contributed by atoms with Crippen LogP contribution in [0.2, 0.25) is 0 Å². The number of nitrogens with zero attached hydrogens (tertiary/aromatic N) is 1. The Hall–Kier alpha value is -0.790. The van der Waals surface area contributed by atoms with Crippen LogP contribution >= 0.6 is 0 Å². The predicted octanol–water partition coefficient (Wildman–Crippen LogP) is 2.02. The number of amides is 1. The van der Waals surface area contributed by atoms with Crippen LogP contribution in [-0.2, 0) is 4.79 Å². The molecule has 68 valence electrons. The second kappa shape index (κ2) is 2.35. The number of hydrogen-bond donors (Lipinski definition) is 0. The lowest BCUT2D eigenvalue weighted by Crippen LogP contribution is -2.33. The second-order valence-electron chi connectivity index (χ2n) is 4.62. The molecule has 0 saturated carbocycles. The summed E-state index contributed by atoms with van der Waals surface area (Å²) in [5, 5.41) is 0. The predicted molar refractivity (Wildman–Crippen MR) is 49.5 cm³/mol. The van der Waals surface area contributed by atoms with Crippen molar-refractivity contribution in [3.05, 3.63) is 12.8 Å². The van der Waals surface area contributed by atoms with Gasteiger partial charge in [0.1, 0.15) is 0 Å². The van der Waals surface area contributed by atoms with Crippen molar-refractivity contribution in [3.63, 3.8) is 0 Å². The van der Waals surface area contributed by atoms with Gasteiger partial charge in [-0.3, -0.25) is 4.79 Å². The van der Waals surface area contributed by atoms with E-state index in [1.165, 1.54) is 0 Å². The van der Waals surface area contributed by atoms with Crippen LogP contribution in [-0.4, -0.2) is 17.4 Å². The van der Waals surface area contributed by atoms with Crippen LogP contribution in [0.4, 0.5) is 0 Å². The quantitative estimate of drug-likeness (QED) is 0.585. The molecule has 1 heterocycles. The Morgan fingerprint density at radius 1 is 1.42 bits per heavy atom. The molecule has 0 unspecified atom stereocenters. The van der Waals surface area contributed by atoms with Gasteiger partial charge in [-0.25, -0.2) is 0 Å². The van der Waals surface area contributed by atoms with Gasteiger partial charge in [-0.15, -0.1) is 0 Å². The minimum atomic E-state index is -0.263. The van der Waals surface area contributed by atoms with Crippen molar-refractivity contribution in [3.8, 4) is 0 Å². The van der Waals surface area contributed by atoms with Crippen molar-refractivity contribution in [1.29, 1.82) is 0 Å². The molecule has 0 aliphatic carbocycles. The molecule has 1 aliphatic rings. The van der Waals surface area contributed by atoms with Gasteiger partial charge in [0.2, 0.25) is 5.91 Å². The number of carbonyl (C=O) groups is 1. The topological polar surface area (TPSA) is 20.3 Å². The SMILES string of the molecule is C=CN1CC(C)(C)C(C)(C)C1=O. The average molecular weight is 167 g/mol. The minimum Gasteiger partial charge on any atom is -0.319 e. The Kier molecular flexibility index (Phi) is 1.82. The maximum absolute atomic E-state index is 11.7. The summed E-state index contributed by atoms with van der Waals surface area (Å²) in [4.78, 5) is 13.4. The molecule has 0 aromatic carbocycles. The molecule has 2 nitrogen and oxygen atoms in total.